The molecule has 2 aromatic carbocycles. The van der Waals surface area contributed by atoms with Crippen LogP contribution < -0.4 is 9.47 Å². The van der Waals surface area contributed by atoms with E-state index < -0.39 is 5.41 Å². The second-order valence-electron chi connectivity index (χ2n) is 7.08. The Morgan fingerprint density at radius 2 is 1.77 bits per heavy atom. The van der Waals surface area contributed by atoms with Crippen molar-refractivity contribution in [2.24, 2.45) is 0 Å². The van der Waals surface area contributed by atoms with E-state index in [-0.39, 0.29) is 5.91 Å². The highest BCUT2D eigenvalue weighted by molar-refractivity contribution is 6.30. The molecule has 0 saturated heterocycles. The van der Waals surface area contributed by atoms with E-state index in [9.17, 15) is 4.79 Å². The summed E-state index contributed by atoms with van der Waals surface area (Å²) in [6, 6.07) is 13.6. The van der Waals surface area contributed by atoms with Crippen LogP contribution in [-0.4, -0.2) is 31.1 Å². The maximum absolute atomic E-state index is 13.3. The molecule has 2 aromatic rings. The van der Waals surface area contributed by atoms with Gasteiger partial charge in [0.2, 0.25) is 5.91 Å². The maximum atomic E-state index is 13.3. The first-order valence-electron chi connectivity index (χ1n) is 8.99. The molecule has 4 nitrogen and oxygen atoms in total. The van der Waals surface area contributed by atoms with Gasteiger partial charge >= 0.3 is 0 Å². The molecular formula is C21H22ClNO3. The number of benzene rings is 2. The van der Waals surface area contributed by atoms with Gasteiger partial charge in [0.1, 0.15) is 13.2 Å². The summed E-state index contributed by atoms with van der Waals surface area (Å²) < 4.78 is 11.2. The third-order valence-electron chi connectivity index (χ3n) is 5.39. The third kappa shape index (κ3) is 3.03. The molecule has 0 spiro atoms. The molecule has 0 atom stereocenters. The molecule has 1 heterocycles. The maximum Gasteiger partial charge on any atom is 0.233 e. The van der Waals surface area contributed by atoms with Crippen LogP contribution in [0.5, 0.6) is 11.5 Å². The average molecular weight is 372 g/mol. The number of hydrogen-bond donors (Lipinski definition) is 0. The molecular weight excluding hydrogens is 350 g/mol. The van der Waals surface area contributed by atoms with E-state index in [1.165, 1.54) is 0 Å². The number of amides is 1. The quantitative estimate of drug-likeness (QED) is 0.808. The number of hydrogen-bond acceptors (Lipinski definition) is 3. The van der Waals surface area contributed by atoms with Gasteiger partial charge in [-0.3, -0.25) is 4.79 Å². The Morgan fingerprint density at radius 3 is 2.42 bits per heavy atom. The Morgan fingerprint density at radius 1 is 1.08 bits per heavy atom. The lowest BCUT2D eigenvalue weighted by atomic mass is 9.63. The number of nitrogens with zero attached hydrogens (tertiary/aromatic N) is 1. The third-order valence-corrected chi connectivity index (χ3v) is 5.64. The fraction of sp³-hybridized carbons (Fsp3) is 0.381. The number of likely N-dealkylation sites (N-methyl/N-ethyl adjacent to an activating group) is 1. The highest BCUT2D eigenvalue weighted by atomic mass is 35.5. The summed E-state index contributed by atoms with van der Waals surface area (Å²) in [4.78, 5) is 15.1. The highest BCUT2D eigenvalue weighted by Gasteiger charge is 2.46. The average Bonchev–Trinajstić information content (AvgIpc) is 2.62. The fourth-order valence-corrected chi connectivity index (χ4v) is 3.95. The van der Waals surface area contributed by atoms with Crippen molar-refractivity contribution in [3.63, 3.8) is 0 Å². The van der Waals surface area contributed by atoms with Crippen molar-refractivity contribution < 1.29 is 14.3 Å². The molecule has 1 aliphatic carbocycles. The molecule has 5 heteroatoms. The van der Waals surface area contributed by atoms with Gasteiger partial charge in [0.05, 0.1) is 5.41 Å². The SMILES string of the molecule is CN(Cc1ccc2c(c1)OCCO2)C(=O)C1(c2ccc(Cl)cc2)CCC1. The highest BCUT2D eigenvalue weighted by Crippen LogP contribution is 2.45. The molecule has 1 saturated carbocycles. The first kappa shape index (κ1) is 17.2. The number of fused-ring (bicyclic) bond motifs is 1. The molecule has 136 valence electrons. The minimum atomic E-state index is -0.410. The first-order valence-corrected chi connectivity index (χ1v) is 9.36. The fourth-order valence-electron chi connectivity index (χ4n) is 3.82. The second-order valence-corrected chi connectivity index (χ2v) is 7.52. The molecule has 26 heavy (non-hydrogen) atoms. The zero-order valence-electron chi connectivity index (χ0n) is 14.8. The van der Waals surface area contributed by atoms with E-state index in [1.807, 2.05) is 54.4 Å². The molecule has 2 aliphatic rings. The monoisotopic (exact) mass is 371 g/mol. The van der Waals surface area contributed by atoms with Crippen LogP contribution in [0.25, 0.3) is 0 Å². The van der Waals surface area contributed by atoms with Crippen molar-refractivity contribution in [3.05, 3.63) is 58.6 Å². The van der Waals surface area contributed by atoms with Crippen LogP contribution in [0, 0.1) is 0 Å². The topological polar surface area (TPSA) is 38.8 Å². The van der Waals surface area contributed by atoms with Crippen molar-refractivity contribution in [3.8, 4) is 11.5 Å². The van der Waals surface area contributed by atoms with Crippen LogP contribution in [0.2, 0.25) is 5.02 Å². The lowest BCUT2D eigenvalue weighted by Gasteiger charge is -2.43. The van der Waals surface area contributed by atoms with Gasteiger partial charge in [0.25, 0.3) is 0 Å². The number of rotatable bonds is 4. The summed E-state index contributed by atoms with van der Waals surface area (Å²) in [5.74, 6) is 1.69. The Hall–Kier alpha value is -2.20. The van der Waals surface area contributed by atoms with E-state index in [4.69, 9.17) is 21.1 Å². The van der Waals surface area contributed by atoms with Crippen LogP contribution in [0.3, 0.4) is 0 Å². The number of ether oxygens (including phenoxy) is 2. The normalized spacial score (nSPS) is 17.3. The lowest BCUT2D eigenvalue weighted by Crippen LogP contribution is -2.49. The molecule has 1 aliphatic heterocycles. The number of carbonyl (C=O) groups is 1. The smallest absolute Gasteiger partial charge is 0.233 e. The van der Waals surface area contributed by atoms with Crippen LogP contribution in [0.4, 0.5) is 0 Å². The van der Waals surface area contributed by atoms with Gasteiger partial charge in [-0.15, -0.1) is 0 Å². The summed E-state index contributed by atoms with van der Waals surface area (Å²) in [5.41, 5.74) is 1.69. The van der Waals surface area contributed by atoms with Crippen molar-refractivity contribution >= 4 is 17.5 Å². The van der Waals surface area contributed by atoms with Gasteiger partial charge in [-0.05, 0) is 48.2 Å². The van der Waals surface area contributed by atoms with E-state index in [2.05, 4.69) is 0 Å². The summed E-state index contributed by atoms with van der Waals surface area (Å²) in [7, 11) is 1.87. The van der Waals surface area contributed by atoms with Gasteiger partial charge in [-0.2, -0.15) is 0 Å². The van der Waals surface area contributed by atoms with Gasteiger partial charge in [-0.25, -0.2) is 0 Å². The second kappa shape index (κ2) is 6.84. The van der Waals surface area contributed by atoms with Crippen molar-refractivity contribution in [2.45, 2.75) is 31.2 Å². The molecule has 0 bridgehead atoms. The molecule has 1 fully saturated rings. The Labute approximate surface area is 158 Å². The van der Waals surface area contributed by atoms with Crippen LogP contribution in [0.1, 0.15) is 30.4 Å². The Bertz CT molecular complexity index is 815. The Balaban J connectivity index is 1.53. The molecule has 0 aromatic heterocycles. The standard InChI is InChI=1S/C21H22ClNO3/c1-23(14-15-3-8-18-19(13-15)26-12-11-25-18)20(24)21(9-2-10-21)16-4-6-17(22)7-5-16/h3-8,13H,2,9-12,14H2,1H3. The minimum absolute atomic E-state index is 0.168. The van der Waals surface area contributed by atoms with E-state index in [0.717, 1.165) is 41.9 Å². The zero-order chi connectivity index (χ0) is 18.1. The van der Waals surface area contributed by atoms with Crippen molar-refractivity contribution in [1.29, 1.82) is 0 Å². The molecule has 1 amide bonds. The number of carbonyl (C=O) groups excluding carboxylic acids is 1. The van der Waals surface area contributed by atoms with Crippen LogP contribution >= 0.6 is 11.6 Å². The molecule has 0 radical (unpaired) electrons. The largest absolute Gasteiger partial charge is 0.486 e. The molecule has 4 rings (SSSR count). The summed E-state index contributed by atoms with van der Waals surface area (Å²) >= 11 is 6.01. The van der Waals surface area contributed by atoms with Gasteiger partial charge < -0.3 is 14.4 Å². The van der Waals surface area contributed by atoms with E-state index in [0.29, 0.717) is 24.8 Å². The van der Waals surface area contributed by atoms with E-state index in [1.54, 1.807) is 0 Å². The van der Waals surface area contributed by atoms with Gasteiger partial charge in [-0.1, -0.05) is 36.2 Å². The minimum Gasteiger partial charge on any atom is -0.486 e. The lowest BCUT2D eigenvalue weighted by molar-refractivity contribution is -0.140. The predicted octanol–water partition coefficient (Wildman–Crippen LogP) is 4.19. The van der Waals surface area contributed by atoms with Crippen LogP contribution in [0.15, 0.2) is 42.5 Å². The van der Waals surface area contributed by atoms with Gasteiger partial charge in [0.15, 0.2) is 11.5 Å². The van der Waals surface area contributed by atoms with Gasteiger partial charge in [0, 0.05) is 18.6 Å². The molecule has 0 N–H and O–H groups in total. The zero-order valence-corrected chi connectivity index (χ0v) is 15.6. The van der Waals surface area contributed by atoms with E-state index >= 15 is 0 Å². The number of halogens is 1. The molecule has 0 unspecified atom stereocenters. The van der Waals surface area contributed by atoms with Crippen molar-refractivity contribution in [1.82, 2.24) is 4.90 Å². The summed E-state index contributed by atoms with van der Waals surface area (Å²) in [5, 5.41) is 0.695. The van der Waals surface area contributed by atoms with Crippen molar-refractivity contribution in [2.75, 3.05) is 20.3 Å². The first-order chi connectivity index (χ1) is 12.6. The Kier molecular flexibility index (Phi) is 4.53. The van der Waals surface area contributed by atoms with Crippen LogP contribution in [-0.2, 0) is 16.8 Å². The predicted molar refractivity (Wildman–Crippen MR) is 101 cm³/mol. The summed E-state index contributed by atoms with van der Waals surface area (Å²) in [6.45, 7) is 1.68. The summed E-state index contributed by atoms with van der Waals surface area (Å²) in [6.07, 6.45) is 2.85.